The molecule has 0 radical (unpaired) electrons. The summed E-state index contributed by atoms with van der Waals surface area (Å²) >= 11 is 0. The first-order valence-corrected chi connectivity index (χ1v) is 10.5. The van der Waals surface area contributed by atoms with E-state index in [1.165, 1.54) is 16.9 Å². The molecule has 7 nitrogen and oxygen atoms in total. The first-order valence-electron chi connectivity index (χ1n) is 10.5. The van der Waals surface area contributed by atoms with Crippen LogP contribution >= 0.6 is 0 Å². The van der Waals surface area contributed by atoms with Gasteiger partial charge in [0.2, 0.25) is 0 Å². The number of amides is 1. The predicted molar refractivity (Wildman–Crippen MR) is 123 cm³/mol. The molecule has 0 saturated heterocycles. The number of nitrogens with zero attached hydrogens (tertiary/aromatic N) is 4. The first kappa shape index (κ1) is 22.1. The van der Waals surface area contributed by atoms with E-state index in [2.05, 4.69) is 5.10 Å². The fourth-order valence-electron chi connectivity index (χ4n) is 3.65. The van der Waals surface area contributed by atoms with Gasteiger partial charge in [0.15, 0.2) is 17.3 Å². The molecule has 0 atom stereocenters. The van der Waals surface area contributed by atoms with E-state index in [1.54, 1.807) is 54.2 Å². The zero-order chi connectivity index (χ0) is 23.4. The van der Waals surface area contributed by atoms with E-state index in [0.29, 0.717) is 36.0 Å². The van der Waals surface area contributed by atoms with E-state index in [0.717, 1.165) is 5.56 Å². The van der Waals surface area contributed by atoms with E-state index in [-0.39, 0.29) is 11.6 Å². The Morgan fingerprint density at radius 2 is 1.85 bits per heavy atom. The molecule has 0 aliphatic carbocycles. The van der Waals surface area contributed by atoms with Crippen molar-refractivity contribution in [2.75, 3.05) is 20.8 Å². The minimum absolute atomic E-state index is 0.242. The molecule has 4 rings (SSSR count). The number of ether oxygens (including phenoxy) is 2. The van der Waals surface area contributed by atoms with Crippen LogP contribution in [0.1, 0.15) is 22.8 Å². The Morgan fingerprint density at radius 3 is 2.55 bits per heavy atom. The number of aromatic nitrogens is 3. The first-order chi connectivity index (χ1) is 16.0. The van der Waals surface area contributed by atoms with Crippen LogP contribution in [-0.4, -0.2) is 45.9 Å². The highest BCUT2D eigenvalue weighted by Crippen LogP contribution is 2.29. The largest absolute Gasteiger partial charge is 0.493 e. The van der Waals surface area contributed by atoms with Crippen LogP contribution in [0.3, 0.4) is 0 Å². The number of carbonyl (C=O) groups excluding carboxylic acids is 1. The van der Waals surface area contributed by atoms with Gasteiger partial charge in [0.05, 0.1) is 19.9 Å². The second kappa shape index (κ2) is 9.60. The van der Waals surface area contributed by atoms with Gasteiger partial charge in [0.1, 0.15) is 17.1 Å². The van der Waals surface area contributed by atoms with E-state index in [4.69, 9.17) is 9.47 Å². The van der Waals surface area contributed by atoms with Crippen molar-refractivity contribution in [1.82, 2.24) is 19.2 Å². The number of halogens is 1. The quantitative estimate of drug-likeness (QED) is 0.399. The molecule has 2 aromatic heterocycles. The Balaban J connectivity index is 1.67. The lowest BCUT2D eigenvalue weighted by Crippen LogP contribution is -2.27. The van der Waals surface area contributed by atoms with Gasteiger partial charge in [-0.25, -0.2) is 9.07 Å². The number of methoxy groups -OCH3 is 1. The van der Waals surface area contributed by atoms with Crippen LogP contribution in [0.25, 0.3) is 11.5 Å². The van der Waals surface area contributed by atoms with Crippen LogP contribution < -0.4 is 9.47 Å². The SMILES string of the molecule is CCOc1ccc(CN(C)C(=O)c2cnn(-c3ccccc3F)c2-n2cccc2)cc1OC. The maximum atomic E-state index is 14.5. The summed E-state index contributed by atoms with van der Waals surface area (Å²) in [6.45, 7) is 2.78. The average molecular weight is 448 g/mol. The molecule has 0 fully saturated rings. The molecule has 8 heteroatoms. The number of hydrogen-bond donors (Lipinski definition) is 0. The van der Waals surface area contributed by atoms with Crippen LogP contribution in [0.4, 0.5) is 4.39 Å². The minimum atomic E-state index is -0.428. The highest BCUT2D eigenvalue weighted by Gasteiger charge is 2.24. The van der Waals surface area contributed by atoms with Gasteiger partial charge >= 0.3 is 0 Å². The van der Waals surface area contributed by atoms with Crippen LogP contribution in [0.5, 0.6) is 11.5 Å². The lowest BCUT2D eigenvalue weighted by atomic mass is 10.1. The predicted octanol–water partition coefficient (Wildman–Crippen LogP) is 4.48. The zero-order valence-corrected chi connectivity index (χ0v) is 18.7. The van der Waals surface area contributed by atoms with E-state index >= 15 is 0 Å². The molecular formula is C25H25FN4O3. The van der Waals surface area contributed by atoms with E-state index in [1.807, 2.05) is 37.3 Å². The standard InChI is InChI=1S/C25H25FN4O3/c1-4-33-22-12-11-18(15-23(22)32-3)17-28(2)25(31)19-16-27-30(21-10-6-5-9-20(21)26)24(19)29-13-7-8-14-29/h5-16H,4,17H2,1-3H3. The molecule has 33 heavy (non-hydrogen) atoms. The second-order valence-electron chi connectivity index (χ2n) is 7.41. The van der Waals surface area contributed by atoms with Gasteiger partial charge in [-0.1, -0.05) is 18.2 Å². The summed E-state index contributed by atoms with van der Waals surface area (Å²) in [7, 11) is 3.29. The van der Waals surface area contributed by atoms with Gasteiger partial charge < -0.3 is 18.9 Å². The monoisotopic (exact) mass is 448 g/mol. The zero-order valence-electron chi connectivity index (χ0n) is 18.7. The summed E-state index contributed by atoms with van der Waals surface area (Å²) in [4.78, 5) is 15.0. The molecule has 0 aliphatic heterocycles. The number of hydrogen-bond acceptors (Lipinski definition) is 4. The Kier molecular flexibility index (Phi) is 6.44. The van der Waals surface area contributed by atoms with Crippen molar-refractivity contribution in [2.24, 2.45) is 0 Å². The van der Waals surface area contributed by atoms with Gasteiger partial charge in [-0.2, -0.15) is 5.10 Å². The molecule has 170 valence electrons. The van der Waals surface area contributed by atoms with Crippen LogP contribution in [0.2, 0.25) is 0 Å². The molecule has 0 aliphatic rings. The summed E-state index contributed by atoms with van der Waals surface area (Å²) in [5.74, 6) is 1.05. The summed E-state index contributed by atoms with van der Waals surface area (Å²) in [5, 5.41) is 4.34. The van der Waals surface area contributed by atoms with Crippen LogP contribution in [-0.2, 0) is 6.54 Å². The second-order valence-corrected chi connectivity index (χ2v) is 7.41. The summed E-state index contributed by atoms with van der Waals surface area (Å²) in [6.07, 6.45) is 5.06. The molecule has 0 bridgehead atoms. The smallest absolute Gasteiger partial charge is 0.259 e. The van der Waals surface area contributed by atoms with Crippen LogP contribution in [0.15, 0.2) is 73.2 Å². The number of benzene rings is 2. The minimum Gasteiger partial charge on any atom is -0.493 e. The van der Waals surface area contributed by atoms with Crippen molar-refractivity contribution < 1.29 is 18.7 Å². The molecule has 2 aromatic carbocycles. The van der Waals surface area contributed by atoms with Crippen LogP contribution in [0, 0.1) is 5.82 Å². The van der Waals surface area contributed by atoms with E-state index in [9.17, 15) is 9.18 Å². The molecule has 4 aromatic rings. The molecule has 0 N–H and O–H groups in total. The number of rotatable bonds is 8. The normalized spacial score (nSPS) is 10.8. The summed E-state index contributed by atoms with van der Waals surface area (Å²) in [6, 6.07) is 15.6. The van der Waals surface area contributed by atoms with Crippen molar-refractivity contribution in [3.8, 4) is 23.0 Å². The molecule has 2 heterocycles. The number of para-hydroxylation sites is 1. The molecular weight excluding hydrogens is 423 g/mol. The maximum absolute atomic E-state index is 14.5. The third-order valence-electron chi connectivity index (χ3n) is 5.20. The summed E-state index contributed by atoms with van der Waals surface area (Å²) < 4.78 is 28.7. The van der Waals surface area contributed by atoms with Crippen molar-refractivity contribution >= 4 is 5.91 Å². The van der Waals surface area contributed by atoms with Gasteiger partial charge in [-0.3, -0.25) is 4.79 Å². The van der Waals surface area contributed by atoms with E-state index < -0.39 is 5.82 Å². The Hall–Kier alpha value is -4.07. The van der Waals surface area contributed by atoms with Crippen molar-refractivity contribution in [3.63, 3.8) is 0 Å². The van der Waals surface area contributed by atoms with Crippen molar-refractivity contribution in [3.05, 3.63) is 90.1 Å². The highest BCUT2D eigenvalue weighted by molar-refractivity contribution is 5.97. The molecule has 1 amide bonds. The lowest BCUT2D eigenvalue weighted by molar-refractivity contribution is 0.0785. The van der Waals surface area contributed by atoms with Gasteiger partial charge in [-0.05, 0) is 48.9 Å². The number of carbonyl (C=O) groups is 1. The van der Waals surface area contributed by atoms with Crippen molar-refractivity contribution in [2.45, 2.75) is 13.5 Å². The third-order valence-corrected chi connectivity index (χ3v) is 5.20. The fraction of sp³-hybridized carbons (Fsp3) is 0.200. The highest BCUT2D eigenvalue weighted by atomic mass is 19.1. The lowest BCUT2D eigenvalue weighted by Gasteiger charge is -2.19. The Bertz CT molecular complexity index is 1250. The summed E-state index contributed by atoms with van der Waals surface area (Å²) in [5.41, 5.74) is 1.50. The Morgan fingerprint density at radius 1 is 1.09 bits per heavy atom. The van der Waals surface area contributed by atoms with Gasteiger partial charge in [-0.15, -0.1) is 0 Å². The average Bonchev–Trinajstić information content (AvgIpc) is 3.50. The molecule has 0 saturated carbocycles. The topological polar surface area (TPSA) is 61.5 Å². The molecule has 0 unspecified atom stereocenters. The van der Waals surface area contributed by atoms with Gasteiger partial charge in [0.25, 0.3) is 5.91 Å². The third kappa shape index (κ3) is 4.45. The molecule has 0 spiro atoms. The maximum Gasteiger partial charge on any atom is 0.259 e. The van der Waals surface area contributed by atoms with Crippen molar-refractivity contribution in [1.29, 1.82) is 0 Å². The van der Waals surface area contributed by atoms with Gasteiger partial charge in [0, 0.05) is 26.0 Å². The fourth-order valence-corrected chi connectivity index (χ4v) is 3.65. The Labute approximate surface area is 191 Å².